The molecule has 1 aliphatic rings. The maximum atomic E-state index is 10.6. The Bertz CT molecular complexity index is 362. The fourth-order valence-electron chi connectivity index (χ4n) is 2.03. The standard InChI is InChI=1S/C11H13NO2/c1-12-9(7-11(13)14)6-8-4-2-3-5-10(8)12/h2-5,9H,6-7H2,1H3,(H,13,14). The molecule has 3 nitrogen and oxygen atoms in total. The monoisotopic (exact) mass is 191 g/mol. The first-order chi connectivity index (χ1) is 6.68. The van der Waals surface area contributed by atoms with Crippen molar-refractivity contribution >= 4 is 11.7 Å². The highest BCUT2D eigenvalue weighted by Gasteiger charge is 2.27. The number of hydrogen-bond donors (Lipinski definition) is 1. The second kappa shape index (κ2) is 3.33. The molecule has 0 amide bonds. The normalized spacial score (nSPS) is 19.5. The Morgan fingerprint density at radius 3 is 2.93 bits per heavy atom. The van der Waals surface area contributed by atoms with Crippen LogP contribution in [0.2, 0.25) is 0 Å². The number of para-hydroxylation sites is 1. The Morgan fingerprint density at radius 2 is 2.29 bits per heavy atom. The van der Waals surface area contributed by atoms with E-state index in [1.165, 1.54) is 11.3 Å². The third-order valence-corrected chi connectivity index (χ3v) is 2.79. The summed E-state index contributed by atoms with van der Waals surface area (Å²) in [5.74, 6) is -0.727. The third-order valence-electron chi connectivity index (χ3n) is 2.79. The van der Waals surface area contributed by atoms with Crippen LogP contribution in [-0.2, 0) is 11.2 Å². The molecular weight excluding hydrogens is 178 g/mol. The van der Waals surface area contributed by atoms with E-state index in [2.05, 4.69) is 11.0 Å². The van der Waals surface area contributed by atoms with Gasteiger partial charge in [0, 0.05) is 18.8 Å². The molecule has 0 saturated heterocycles. The van der Waals surface area contributed by atoms with Crippen LogP contribution in [0, 0.1) is 0 Å². The van der Waals surface area contributed by atoms with E-state index in [-0.39, 0.29) is 12.5 Å². The lowest BCUT2D eigenvalue weighted by Gasteiger charge is -2.20. The fourth-order valence-corrected chi connectivity index (χ4v) is 2.03. The number of hydrogen-bond acceptors (Lipinski definition) is 2. The Hall–Kier alpha value is -1.51. The Morgan fingerprint density at radius 1 is 1.57 bits per heavy atom. The van der Waals surface area contributed by atoms with Gasteiger partial charge in [-0.3, -0.25) is 4.79 Å². The second-order valence-electron chi connectivity index (χ2n) is 3.70. The summed E-state index contributed by atoms with van der Waals surface area (Å²) in [5.41, 5.74) is 2.42. The molecule has 1 aromatic rings. The topological polar surface area (TPSA) is 40.5 Å². The van der Waals surface area contributed by atoms with Crippen molar-refractivity contribution in [2.45, 2.75) is 18.9 Å². The van der Waals surface area contributed by atoms with E-state index in [0.29, 0.717) is 0 Å². The van der Waals surface area contributed by atoms with Crippen molar-refractivity contribution in [3.05, 3.63) is 29.8 Å². The van der Waals surface area contributed by atoms with Crippen molar-refractivity contribution in [2.75, 3.05) is 11.9 Å². The minimum atomic E-state index is -0.727. The predicted molar refractivity (Wildman–Crippen MR) is 54.6 cm³/mol. The van der Waals surface area contributed by atoms with Gasteiger partial charge in [0.05, 0.1) is 6.42 Å². The molecule has 0 saturated carbocycles. The van der Waals surface area contributed by atoms with E-state index < -0.39 is 5.97 Å². The maximum Gasteiger partial charge on any atom is 0.305 e. The summed E-state index contributed by atoms with van der Waals surface area (Å²) in [7, 11) is 1.96. The molecule has 1 unspecified atom stereocenters. The van der Waals surface area contributed by atoms with Gasteiger partial charge in [-0.15, -0.1) is 0 Å². The number of carboxylic acid groups (broad SMARTS) is 1. The minimum absolute atomic E-state index is 0.116. The second-order valence-corrected chi connectivity index (χ2v) is 3.70. The highest BCUT2D eigenvalue weighted by atomic mass is 16.4. The maximum absolute atomic E-state index is 10.6. The number of rotatable bonds is 2. The number of anilines is 1. The lowest BCUT2D eigenvalue weighted by molar-refractivity contribution is -0.137. The molecule has 0 spiro atoms. The molecule has 2 rings (SSSR count). The largest absolute Gasteiger partial charge is 0.481 e. The van der Waals surface area contributed by atoms with Crippen LogP contribution < -0.4 is 4.90 Å². The zero-order chi connectivity index (χ0) is 10.1. The lowest BCUT2D eigenvalue weighted by Crippen LogP contribution is -2.30. The number of fused-ring (bicyclic) bond motifs is 1. The average molecular weight is 191 g/mol. The van der Waals surface area contributed by atoms with E-state index in [9.17, 15) is 4.79 Å². The zero-order valence-electron chi connectivity index (χ0n) is 8.10. The predicted octanol–water partition coefficient (Wildman–Crippen LogP) is 1.52. The van der Waals surface area contributed by atoms with Crippen molar-refractivity contribution < 1.29 is 9.90 Å². The summed E-state index contributed by atoms with van der Waals surface area (Å²) >= 11 is 0. The van der Waals surface area contributed by atoms with Gasteiger partial charge < -0.3 is 10.0 Å². The van der Waals surface area contributed by atoms with E-state index in [0.717, 1.165) is 6.42 Å². The number of benzene rings is 1. The molecule has 0 radical (unpaired) electrons. The number of carbonyl (C=O) groups is 1. The summed E-state index contributed by atoms with van der Waals surface area (Å²) in [5, 5.41) is 8.74. The van der Waals surface area contributed by atoms with Crippen molar-refractivity contribution in [3.63, 3.8) is 0 Å². The molecule has 0 bridgehead atoms. The van der Waals surface area contributed by atoms with Gasteiger partial charge in [0.1, 0.15) is 0 Å². The van der Waals surface area contributed by atoms with Gasteiger partial charge in [-0.25, -0.2) is 0 Å². The van der Waals surface area contributed by atoms with E-state index in [1.54, 1.807) is 0 Å². The van der Waals surface area contributed by atoms with Gasteiger partial charge in [0.2, 0.25) is 0 Å². The first-order valence-electron chi connectivity index (χ1n) is 4.71. The quantitative estimate of drug-likeness (QED) is 0.770. The van der Waals surface area contributed by atoms with Crippen molar-refractivity contribution in [1.82, 2.24) is 0 Å². The molecule has 74 valence electrons. The van der Waals surface area contributed by atoms with Crippen LogP contribution in [0.1, 0.15) is 12.0 Å². The summed E-state index contributed by atoms with van der Waals surface area (Å²) in [6, 6.07) is 8.20. The molecule has 0 aliphatic carbocycles. The number of likely N-dealkylation sites (N-methyl/N-ethyl adjacent to an activating group) is 1. The van der Waals surface area contributed by atoms with Gasteiger partial charge in [0.15, 0.2) is 0 Å². The highest BCUT2D eigenvalue weighted by molar-refractivity contribution is 5.70. The smallest absolute Gasteiger partial charge is 0.305 e. The van der Waals surface area contributed by atoms with Crippen molar-refractivity contribution in [1.29, 1.82) is 0 Å². The summed E-state index contributed by atoms with van der Waals surface area (Å²) in [6.07, 6.45) is 1.06. The summed E-state index contributed by atoms with van der Waals surface area (Å²) < 4.78 is 0. The van der Waals surface area contributed by atoms with Gasteiger partial charge in [-0.05, 0) is 18.1 Å². The Labute approximate surface area is 83.0 Å². The molecule has 3 heteroatoms. The number of carboxylic acids is 1. The fraction of sp³-hybridized carbons (Fsp3) is 0.364. The summed E-state index contributed by atoms with van der Waals surface area (Å²) in [6.45, 7) is 0. The SMILES string of the molecule is CN1c2ccccc2CC1CC(=O)O. The molecule has 0 aromatic heterocycles. The molecule has 1 aliphatic heterocycles. The number of aliphatic carboxylic acids is 1. The van der Waals surface area contributed by atoms with Crippen LogP contribution in [0.15, 0.2) is 24.3 Å². The van der Waals surface area contributed by atoms with Crippen LogP contribution in [-0.4, -0.2) is 24.2 Å². The molecule has 1 N–H and O–H groups in total. The van der Waals surface area contributed by atoms with Crippen LogP contribution in [0.25, 0.3) is 0 Å². The Balaban J connectivity index is 2.21. The van der Waals surface area contributed by atoms with Gasteiger partial charge >= 0.3 is 5.97 Å². The Kier molecular flexibility index (Phi) is 2.15. The van der Waals surface area contributed by atoms with E-state index in [1.807, 2.05) is 25.2 Å². The van der Waals surface area contributed by atoms with Crippen LogP contribution >= 0.6 is 0 Å². The zero-order valence-corrected chi connectivity index (χ0v) is 8.10. The van der Waals surface area contributed by atoms with E-state index in [4.69, 9.17) is 5.11 Å². The van der Waals surface area contributed by atoms with Crippen LogP contribution in [0.5, 0.6) is 0 Å². The third kappa shape index (κ3) is 1.45. The molecule has 1 heterocycles. The van der Waals surface area contributed by atoms with Crippen LogP contribution in [0.4, 0.5) is 5.69 Å². The van der Waals surface area contributed by atoms with Crippen LogP contribution in [0.3, 0.4) is 0 Å². The lowest BCUT2D eigenvalue weighted by atomic mass is 10.1. The first-order valence-corrected chi connectivity index (χ1v) is 4.71. The van der Waals surface area contributed by atoms with Gasteiger partial charge in [-0.2, -0.15) is 0 Å². The van der Waals surface area contributed by atoms with Crippen molar-refractivity contribution in [2.24, 2.45) is 0 Å². The van der Waals surface area contributed by atoms with Gasteiger partial charge in [0.25, 0.3) is 0 Å². The molecule has 14 heavy (non-hydrogen) atoms. The minimum Gasteiger partial charge on any atom is -0.481 e. The number of nitrogens with zero attached hydrogens (tertiary/aromatic N) is 1. The molecule has 1 aromatic carbocycles. The molecule has 1 atom stereocenters. The molecule has 0 fully saturated rings. The highest BCUT2D eigenvalue weighted by Crippen LogP contribution is 2.31. The first kappa shape index (κ1) is 9.06. The van der Waals surface area contributed by atoms with E-state index >= 15 is 0 Å². The van der Waals surface area contributed by atoms with Crippen molar-refractivity contribution in [3.8, 4) is 0 Å². The summed E-state index contributed by atoms with van der Waals surface area (Å²) in [4.78, 5) is 12.7. The van der Waals surface area contributed by atoms with Gasteiger partial charge in [-0.1, -0.05) is 18.2 Å². The average Bonchev–Trinajstić information content (AvgIpc) is 2.44. The molecular formula is C11H13NO2.